The lowest BCUT2D eigenvalue weighted by molar-refractivity contribution is -0.139. The summed E-state index contributed by atoms with van der Waals surface area (Å²) < 4.78 is 1.65. The van der Waals surface area contributed by atoms with Gasteiger partial charge in [-0.2, -0.15) is 5.10 Å². The van der Waals surface area contributed by atoms with Gasteiger partial charge in [0.1, 0.15) is 6.33 Å². The first-order chi connectivity index (χ1) is 10.2. The fourth-order valence-electron chi connectivity index (χ4n) is 3.48. The highest BCUT2D eigenvalue weighted by Crippen LogP contribution is 2.23. The molecular weight excluding hydrogens is 270 g/mol. The molecule has 2 saturated heterocycles. The summed E-state index contributed by atoms with van der Waals surface area (Å²) in [5.41, 5.74) is -0.160. The van der Waals surface area contributed by atoms with E-state index in [4.69, 9.17) is 0 Å². The molecule has 0 aromatic carbocycles. The van der Waals surface area contributed by atoms with Crippen LogP contribution >= 0.6 is 0 Å². The van der Waals surface area contributed by atoms with Crippen molar-refractivity contribution in [2.24, 2.45) is 0 Å². The molecule has 116 valence electrons. The fourth-order valence-corrected chi connectivity index (χ4v) is 3.48. The molecule has 2 aliphatic rings. The molecule has 0 saturated carbocycles. The van der Waals surface area contributed by atoms with Gasteiger partial charge in [0.05, 0.1) is 6.04 Å². The maximum atomic E-state index is 12.6. The number of nitrogens with one attached hydrogen (secondary N) is 1. The van der Waals surface area contributed by atoms with Crippen LogP contribution in [0.15, 0.2) is 11.1 Å². The van der Waals surface area contributed by atoms with Gasteiger partial charge in [-0.05, 0) is 39.3 Å². The average molecular weight is 293 g/mol. The Balaban J connectivity index is 1.59. The number of carbonyl (C=O) groups excluding carboxylic acids is 1. The largest absolute Gasteiger partial charge is 0.343 e. The number of piperidine rings is 2. The Morgan fingerprint density at radius 1 is 1.24 bits per heavy atom. The van der Waals surface area contributed by atoms with Crippen LogP contribution in [0.2, 0.25) is 0 Å². The number of amides is 1. The van der Waals surface area contributed by atoms with E-state index in [1.54, 1.807) is 10.9 Å². The SMILES string of the molecule is CN1CCCC[C@H]1C(=O)N1CCC(n2cn[nH]c2=O)CC1. The van der Waals surface area contributed by atoms with Gasteiger partial charge in [0, 0.05) is 19.1 Å². The molecule has 0 unspecified atom stereocenters. The van der Waals surface area contributed by atoms with Crippen molar-refractivity contribution in [1.29, 1.82) is 0 Å². The summed E-state index contributed by atoms with van der Waals surface area (Å²) in [6.45, 7) is 2.47. The molecule has 1 aromatic heterocycles. The van der Waals surface area contributed by atoms with Crippen molar-refractivity contribution in [3.05, 3.63) is 16.8 Å². The van der Waals surface area contributed by atoms with E-state index in [1.807, 2.05) is 11.9 Å². The van der Waals surface area contributed by atoms with Crippen molar-refractivity contribution in [2.75, 3.05) is 26.7 Å². The topological polar surface area (TPSA) is 74.2 Å². The lowest BCUT2D eigenvalue weighted by Gasteiger charge is -2.38. The summed E-state index contributed by atoms with van der Waals surface area (Å²) >= 11 is 0. The Bertz CT molecular complexity index is 544. The van der Waals surface area contributed by atoms with Crippen LogP contribution in [0.1, 0.15) is 38.1 Å². The summed E-state index contributed by atoms with van der Waals surface area (Å²) in [7, 11) is 2.04. The smallest absolute Gasteiger partial charge is 0.341 e. The number of rotatable bonds is 2. The lowest BCUT2D eigenvalue weighted by Crippen LogP contribution is -2.51. The van der Waals surface area contributed by atoms with Gasteiger partial charge in [0.15, 0.2) is 0 Å². The van der Waals surface area contributed by atoms with E-state index in [2.05, 4.69) is 15.1 Å². The van der Waals surface area contributed by atoms with Crippen LogP contribution < -0.4 is 5.69 Å². The molecular formula is C14H23N5O2. The molecule has 7 nitrogen and oxygen atoms in total. The molecule has 7 heteroatoms. The molecule has 0 spiro atoms. The van der Waals surface area contributed by atoms with Crippen molar-refractivity contribution in [1.82, 2.24) is 24.6 Å². The van der Waals surface area contributed by atoms with Crippen molar-refractivity contribution in [3.63, 3.8) is 0 Å². The van der Waals surface area contributed by atoms with E-state index in [1.165, 1.54) is 6.42 Å². The summed E-state index contributed by atoms with van der Waals surface area (Å²) in [4.78, 5) is 28.3. The zero-order chi connectivity index (χ0) is 14.8. The predicted octanol–water partition coefficient (Wildman–Crippen LogP) is 0.219. The van der Waals surface area contributed by atoms with Crippen LogP contribution in [0.25, 0.3) is 0 Å². The first-order valence-corrected chi connectivity index (χ1v) is 7.77. The van der Waals surface area contributed by atoms with Gasteiger partial charge in [-0.1, -0.05) is 6.42 Å². The minimum Gasteiger partial charge on any atom is -0.341 e. The number of nitrogens with zero attached hydrogens (tertiary/aromatic N) is 4. The Labute approximate surface area is 123 Å². The minimum atomic E-state index is -0.160. The highest BCUT2D eigenvalue weighted by molar-refractivity contribution is 5.82. The standard InChI is InChI=1S/C14H23N5O2/c1-17-7-3-2-4-12(17)13(20)18-8-5-11(6-9-18)19-10-15-16-14(19)21/h10-12H,2-9H2,1H3,(H,16,21)/t12-/m0/s1. The third-order valence-electron chi connectivity index (χ3n) is 4.80. The van der Waals surface area contributed by atoms with Gasteiger partial charge >= 0.3 is 5.69 Å². The van der Waals surface area contributed by atoms with E-state index in [9.17, 15) is 9.59 Å². The van der Waals surface area contributed by atoms with Crippen LogP contribution in [-0.2, 0) is 4.79 Å². The Morgan fingerprint density at radius 3 is 2.62 bits per heavy atom. The van der Waals surface area contributed by atoms with Crippen LogP contribution in [0.4, 0.5) is 0 Å². The summed E-state index contributed by atoms with van der Waals surface area (Å²) in [5, 5.41) is 6.20. The Morgan fingerprint density at radius 2 is 2.00 bits per heavy atom. The van der Waals surface area contributed by atoms with E-state index in [0.29, 0.717) is 0 Å². The predicted molar refractivity (Wildman–Crippen MR) is 78.0 cm³/mol. The quantitative estimate of drug-likeness (QED) is 0.846. The molecule has 0 radical (unpaired) electrons. The molecule has 21 heavy (non-hydrogen) atoms. The second-order valence-corrected chi connectivity index (χ2v) is 6.12. The van der Waals surface area contributed by atoms with E-state index in [0.717, 1.165) is 45.3 Å². The molecule has 3 heterocycles. The van der Waals surface area contributed by atoms with E-state index in [-0.39, 0.29) is 23.7 Å². The average Bonchev–Trinajstić information content (AvgIpc) is 2.93. The second-order valence-electron chi connectivity index (χ2n) is 6.12. The number of hydrogen-bond donors (Lipinski definition) is 1. The molecule has 1 N–H and O–H groups in total. The summed E-state index contributed by atoms with van der Waals surface area (Å²) in [6.07, 6.45) is 6.49. The van der Waals surface area contributed by atoms with Crippen LogP contribution in [0.3, 0.4) is 0 Å². The van der Waals surface area contributed by atoms with Gasteiger partial charge in [0.25, 0.3) is 0 Å². The third kappa shape index (κ3) is 2.88. The third-order valence-corrected chi connectivity index (χ3v) is 4.80. The fraction of sp³-hybridized carbons (Fsp3) is 0.786. The minimum absolute atomic E-state index is 0.0481. The number of hydrogen-bond acceptors (Lipinski definition) is 4. The molecule has 1 amide bonds. The maximum Gasteiger partial charge on any atom is 0.343 e. The lowest BCUT2D eigenvalue weighted by atomic mass is 9.99. The van der Waals surface area contributed by atoms with Crippen LogP contribution in [-0.4, -0.2) is 63.2 Å². The maximum absolute atomic E-state index is 12.6. The zero-order valence-corrected chi connectivity index (χ0v) is 12.5. The highest BCUT2D eigenvalue weighted by Gasteiger charge is 2.32. The van der Waals surface area contributed by atoms with Gasteiger partial charge in [-0.3, -0.25) is 14.3 Å². The number of aromatic nitrogens is 3. The number of carbonyl (C=O) groups is 1. The molecule has 2 fully saturated rings. The van der Waals surface area contributed by atoms with Gasteiger partial charge < -0.3 is 4.90 Å². The van der Waals surface area contributed by atoms with Crippen molar-refractivity contribution >= 4 is 5.91 Å². The number of aromatic amines is 1. The Kier molecular flexibility index (Phi) is 4.10. The number of H-pyrrole nitrogens is 1. The van der Waals surface area contributed by atoms with E-state index < -0.39 is 0 Å². The normalized spacial score (nSPS) is 25.2. The first kappa shape index (κ1) is 14.3. The molecule has 0 aliphatic carbocycles. The van der Waals surface area contributed by atoms with Crippen LogP contribution in [0, 0.1) is 0 Å². The van der Waals surface area contributed by atoms with Crippen molar-refractivity contribution < 1.29 is 4.79 Å². The van der Waals surface area contributed by atoms with Crippen molar-refractivity contribution in [2.45, 2.75) is 44.2 Å². The first-order valence-electron chi connectivity index (χ1n) is 7.77. The molecule has 3 rings (SSSR count). The van der Waals surface area contributed by atoms with Gasteiger partial charge in [0.2, 0.25) is 5.91 Å². The molecule has 1 aromatic rings. The van der Waals surface area contributed by atoms with Gasteiger partial charge in [-0.15, -0.1) is 0 Å². The highest BCUT2D eigenvalue weighted by atomic mass is 16.2. The molecule has 2 aliphatic heterocycles. The van der Waals surface area contributed by atoms with Crippen LogP contribution in [0.5, 0.6) is 0 Å². The molecule has 0 bridgehead atoms. The summed E-state index contributed by atoms with van der Waals surface area (Å²) in [5.74, 6) is 0.259. The van der Waals surface area contributed by atoms with E-state index >= 15 is 0 Å². The molecule has 1 atom stereocenters. The Hall–Kier alpha value is -1.63. The number of likely N-dealkylation sites (tertiary alicyclic amines) is 2. The monoisotopic (exact) mass is 293 g/mol. The second kappa shape index (κ2) is 6.01. The van der Waals surface area contributed by atoms with Gasteiger partial charge in [-0.25, -0.2) is 9.89 Å². The summed E-state index contributed by atoms with van der Waals surface area (Å²) in [6, 6.07) is 0.205. The van der Waals surface area contributed by atoms with Crippen molar-refractivity contribution in [3.8, 4) is 0 Å². The zero-order valence-electron chi connectivity index (χ0n) is 12.5. The number of likely N-dealkylation sites (N-methyl/N-ethyl adjacent to an activating group) is 1.